The van der Waals surface area contributed by atoms with Gasteiger partial charge in [-0.15, -0.1) is 0 Å². The number of nitrogens with zero attached hydrogens (tertiary/aromatic N) is 2. The molecule has 0 aliphatic heterocycles. The van der Waals surface area contributed by atoms with Crippen LogP contribution in [0.15, 0.2) is 0 Å². The molecule has 1 aromatic rings. The van der Waals surface area contributed by atoms with Crippen LogP contribution < -0.4 is 5.73 Å². The molecule has 2 atom stereocenters. The zero-order chi connectivity index (χ0) is 13.1. The molecule has 3 heteroatoms. The third-order valence-electron chi connectivity index (χ3n) is 4.20. The highest BCUT2D eigenvalue weighted by atomic mass is 15.1. The van der Waals surface area contributed by atoms with E-state index in [2.05, 4.69) is 25.3 Å². The van der Waals surface area contributed by atoms with E-state index in [1.165, 1.54) is 37.2 Å². The molecule has 0 radical (unpaired) electrons. The molecule has 0 amide bonds. The van der Waals surface area contributed by atoms with Gasteiger partial charge in [0.15, 0.2) is 0 Å². The van der Waals surface area contributed by atoms with Gasteiger partial charge in [-0.25, -0.2) is 4.98 Å². The molecule has 0 saturated heterocycles. The number of anilines is 1. The molecule has 1 heterocycles. The van der Waals surface area contributed by atoms with Gasteiger partial charge in [0.05, 0.1) is 5.69 Å². The molecule has 0 bridgehead atoms. The van der Waals surface area contributed by atoms with Crippen LogP contribution in [0.25, 0.3) is 0 Å². The van der Waals surface area contributed by atoms with Gasteiger partial charge in [0.1, 0.15) is 11.6 Å². The summed E-state index contributed by atoms with van der Waals surface area (Å²) in [6.45, 7) is 7.72. The van der Waals surface area contributed by atoms with E-state index in [9.17, 15) is 0 Å². The lowest BCUT2D eigenvalue weighted by Gasteiger charge is -2.25. The summed E-state index contributed by atoms with van der Waals surface area (Å²) in [7, 11) is 0. The maximum atomic E-state index is 6.34. The van der Waals surface area contributed by atoms with Crippen molar-refractivity contribution in [2.75, 3.05) is 5.73 Å². The van der Waals surface area contributed by atoms with Gasteiger partial charge >= 0.3 is 0 Å². The lowest BCUT2D eigenvalue weighted by atomic mass is 9.81. The molecular formula is C15H27N3. The van der Waals surface area contributed by atoms with Gasteiger partial charge in [-0.1, -0.05) is 33.6 Å². The van der Waals surface area contributed by atoms with Gasteiger partial charge in [-0.2, -0.15) is 0 Å². The van der Waals surface area contributed by atoms with Crippen LogP contribution in [0.4, 0.5) is 5.82 Å². The highest BCUT2D eigenvalue weighted by molar-refractivity contribution is 5.41. The van der Waals surface area contributed by atoms with Gasteiger partial charge < -0.3 is 10.3 Å². The van der Waals surface area contributed by atoms with E-state index in [1.807, 2.05) is 0 Å². The van der Waals surface area contributed by atoms with Gasteiger partial charge in [-0.3, -0.25) is 0 Å². The fourth-order valence-corrected chi connectivity index (χ4v) is 3.26. The summed E-state index contributed by atoms with van der Waals surface area (Å²) in [5.41, 5.74) is 7.53. The van der Waals surface area contributed by atoms with Crippen LogP contribution in [0, 0.1) is 5.92 Å². The number of nitrogen functional groups attached to an aromatic ring is 1. The molecule has 2 N–H and O–H groups in total. The molecule has 1 aliphatic rings. The number of aryl methyl sites for hydroxylation is 1. The molecule has 2 rings (SSSR count). The zero-order valence-electron chi connectivity index (χ0n) is 12.1. The van der Waals surface area contributed by atoms with E-state index in [0.29, 0.717) is 5.92 Å². The molecule has 3 nitrogen and oxygen atoms in total. The Morgan fingerprint density at radius 2 is 2.11 bits per heavy atom. The summed E-state index contributed by atoms with van der Waals surface area (Å²) < 4.78 is 2.23. The second-order valence-corrected chi connectivity index (χ2v) is 5.77. The Kier molecular flexibility index (Phi) is 4.31. The van der Waals surface area contributed by atoms with Crippen molar-refractivity contribution in [1.82, 2.24) is 9.55 Å². The Balaban J connectivity index is 2.27. The van der Waals surface area contributed by atoms with Gasteiger partial charge in [0, 0.05) is 18.9 Å². The third-order valence-corrected chi connectivity index (χ3v) is 4.20. The van der Waals surface area contributed by atoms with Gasteiger partial charge in [-0.05, 0) is 25.2 Å². The number of hydrogen-bond acceptors (Lipinski definition) is 2. The summed E-state index contributed by atoms with van der Waals surface area (Å²) in [6, 6.07) is 0. The largest absolute Gasteiger partial charge is 0.384 e. The summed E-state index contributed by atoms with van der Waals surface area (Å²) in [5, 5.41) is 0. The highest BCUT2D eigenvalue weighted by Crippen LogP contribution is 2.38. The minimum absolute atomic E-state index is 0.595. The Hall–Kier alpha value is -0.990. The lowest BCUT2D eigenvalue weighted by Crippen LogP contribution is -2.14. The summed E-state index contributed by atoms with van der Waals surface area (Å²) in [6.07, 6.45) is 7.32. The van der Waals surface area contributed by atoms with Crippen LogP contribution in [0.1, 0.15) is 70.3 Å². The van der Waals surface area contributed by atoms with Crippen LogP contribution >= 0.6 is 0 Å². The monoisotopic (exact) mass is 249 g/mol. The first kappa shape index (κ1) is 13.4. The normalized spacial score (nSPS) is 24.4. The predicted octanol–water partition coefficient (Wildman–Crippen LogP) is 3.73. The highest BCUT2D eigenvalue weighted by Gasteiger charge is 2.26. The number of nitrogens with two attached hydrogens (primary N) is 1. The van der Waals surface area contributed by atoms with Crippen molar-refractivity contribution in [3.63, 3.8) is 0 Å². The van der Waals surface area contributed by atoms with E-state index < -0.39 is 0 Å². The second kappa shape index (κ2) is 5.77. The summed E-state index contributed by atoms with van der Waals surface area (Å²) in [5.74, 6) is 3.53. The Bertz CT molecular complexity index is 395. The molecule has 0 spiro atoms. The van der Waals surface area contributed by atoms with Crippen LogP contribution in [-0.2, 0) is 13.0 Å². The standard InChI is InChI=1S/C15H27N3/c1-4-9-18-13(5-2)17-14(15(18)16)12-8-6-7-11(3)10-12/h11-12H,4-10,16H2,1-3H3. The summed E-state index contributed by atoms with van der Waals surface area (Å²) >= 11 is 0. The minimum Gasteiger partial charge on any atom is -0.384 e. The van der Waals surface area contributed by atoms with Crippen LogP contribution in [0.2, 0.25) is 0 Å². The molecule has 1 saturated carbocycles. The van der Waals surface area contributed by atoms with Crippen molar-refractivity contribution in [2.24, 2.45) is 5.92 Å². The molecular weight excluding hydrogens is 222 g/mol. The number of aromatic nitrogens is 2. The zero-order valence-corrected chi connectivity index (χ0v) is 12.1. The van der Waals surface area contributed by atoms with Crippen LogP contribution in [0.3, 0.4) is 0 Å². The van der Waals surface area contributed by atoms with E-state index in [1.54, 1.807) is 0 Å². The molecule has 1 fully saturated rings. The van der Waals surface area contributed by atoms with E-state index in [4.69, 9.17) is 10.7 Å². The molecule has 18 heavy (non-hydrogen) atoms. The smallest absolute Gasteiger partial charge is 0.127 e. The molecule has 2 unspecified atom stereocenters. The van der Waals surface area contributed by atoms with Crippen molar-refractivity contribution >= 4 is 5.82 Å². The molecule has 1 aromatic heterocycles. The molecule has 0 aromatic carbocycles. The number of hydrogen-bond donors (Lipinski definition) is 1. The third kappa shape index (κ3) is 2.55. The van der Waals surface area contributed by atoms with Gasteiger partial charge in [0.2, 0.25) is 0 Å². The maximum Gasteiger partial charge on any atom is 0.127 e. The molecule has 102 valence electrons. The number of imidazole rings is 1. The van der Waals surface area contributed by atoms with Crippen molar-refractivity contribution in [3.05, 3.63) is 11.5 Å². The Labute approximate surface area is 111 Å². The molecule has 1 aliphatic carbocycles. The first-order valence-corrected chi connectivity index (χ1v) is 7.52. The van der Waals surface area contributed by atoms with Crippen molar-refractivity contribution in [2.45, 2.75) is 71.8 Å². The first-order valence-electron chi connectivity index (χ1n) is 7.52. The Morgan fingerprint density at radius 1 is 1.33 bits per heavy atom. The van der Waals surface area contributed by atoms with Crippen molar-refractivity contribution in [3.8, 4) is 0 Å². The van der Waals surface area contributed by atoms with E-state index >= 15 is 0 Å². The summed E-state index contributed by atoms with van der Waals surface area (Å²) in [4.78, 5) is 4.84. The Morgan fingerprint density at radius 3 is 2.72 bits per heavy atom. The fourth-order valence-electron chi connectivity index (χ4n) is 3.26. The number of rotatable bonds is 4. The minimum atomic E-state index is 0.595. The van der Waals surface area contributed by atoms with Crippen LogP contribution in [0.5, 0.6) is 0 Å². The van der Waals surface area contributed by atoms with Gasteiger partial charge in [0.25, 0.3) is 0 Å². The topological polar surface area (TPSA) is 43.8 Å². The van der Waals surface area contributed by atoms with Crippen LogP contribution in [-0.4, -0.2) is 9.55 Å². The predicted molar refractivity (Wildman–Crippen MR) is 76.7 cm³/mol. The van der Waals surface area contributed by atoms with Crippen molar-refractivity contribution in [1.29, 1.82) is 0 Å². The van der Waals surface area contributed by atoms with E-state index in [0.717, 1.165) is 31.1 Å². The average Bonchev–Trinajstić information content (AvgIpc) is 2.67. The average molecular weight is 249 g/mol. The van der Waals surface area contributed by atoms with E-state index in [-0.39, 0.29) is 0 Å². The maximum absolute atomic E-state index is 6.34. The second-order valence-electron chi connectivity index (χ2n) is 5.77. The first-order chi connectivity index (χ1) is 8.67. The van der Waals surface area contributed by atoms with Crippen molar-refractivity contribution < 1.29 is 0 Å². The lowest BCUT2D eigenvalue weighted by molar-refractivity contribution is 0.341. The quantitative estimate of drug-likeness (QED) is 0.883. The fraction of sp³-hybridized carbons (Fsp3) is 0.800. The SMILES string of the molecule is CCCn1c(CC)nc(C2CCCC(C)C2)c1N.